The van der Waals surface area contributed by atoms with Crippen LogP contribution in [-0.4, -0.2) is 40.8 Å². The van der Waals surface area contributed by atoms with E-state index < -0.39 is 0 Å². The molecule has 1 rings (SSSR count). The molecule has 1 heterocycles. The minimum Gasteiger partial charge on any atom is -0.395 e. The summed E-state index contributed by atoms with van der Waals surface area (Å²) in [6.45, 7) is 7.47. The van der Waals surface area contributed by atoms with Crippen molar-refractivity contribution in [2.24, 2.45) is 5.73 Å². The number of nitrogen functional groups attached to an aromatic ring is 1. The number of rotatable bonds is 9. The van der Waals surface area contributed by atoms with Gasteiger partial charge in [0.15, 0.2) is 5.82 Å². The van der Waals surface area contributed by atoms with Crippen LogP contribution in [0, 0.1) is 5.41 Å². The number of nitrogens with zero attached hydrogens (tertiary/aromatic N) is 3. The number of anilines is 1. The molecule has 0 aliphatic carbocycles. The van der Waals surface area contributed by atoms with Crippen molar-refractivity contribution in [3.63, 3.8) is 0 Å². The summed E-state index contributed by atoms with van der Waals surface area (Å²) in [5, 5.41) is 25.8. The van der Waals surface area contributed by atoms with E-state index in [0.29, 0.717) is 17.9 Å². The van der Waals surface area contributed by atoms with Gasteiger partial charge in [0, 0.05) is 13.1 Å². The molecule has 6 heteroatoms. The van der Waals surface area contributed by atoms with Crippen molar-refractivity contribution in [1.82, 2.24) is 10.2 Å². The minimum atomic E-state index is 0.0193. The SMILES string of the molecule is CCCCN(CCO)c1nnc(CC)c(CC)c1C(=N)N. The van der Waals surface area contributed by atoms with E-state index in [1.54, 1.807) is 0 Å². The summed E-state index contributed by atoms with van der Waals surface area (Å²) in [6.07, 6.45) is 3.58. The number of nitrogens with one attached hydrogen (secondary N) is 1. The molecule has 0 amide bonds. The molecule has 0 fully saturated rings. The van der Waals surface area contributed by atoms with Crippen molar-refractivity contribution < 1.29 is 5.11 Å². The Bertz CT molecular complexity index is 475. The quantitative estimate of drug-likeness (QED) is 0.473. The van der Waals surface area contributed by atoms with Crippen molar-refractivity contribution in [2.45, 2.75) is 46.5 Å². The lowest BCUT2D eigenvalue weighted by atomic mass is 10.0. The van der Waals surface area contributed by atoms with Crippen LogP contribution in [0.5, 0.6) is 0 Å². The first-order chi connectivity index (χ1) is 10.1. The highest BCUT2D eigenvalue weighted by Crippen LogP contribution is 2.24. The molecule has 0 atom stereocenters. The lowest BCUT2D eigenvalue weighted by Crippen LogP contribution is -2.32. The number of aliphatic hydroxyl groups excluding tert-OH is 1. The summed E-state index contributed by atoms with van der Waals surface area (Å²) in [5.41, 5.74) is 8.37. The van der Waals surface area contributed by atoms with Crippen molar-refractivity contribution in [3.8, 4) is 0 Å². The zero-order valence-corrected chi connectivity index (χ0v) is 13.3. The summed E-state index contributed by atoms with van der Waals surface area (Å²) in [5.74, 6) is 0.643. The molecule has 0 aliphatic heterocycles. The van der Waals surface area contributed by atoms with E-state index in [1.807, 2.05) is 18.7 Å². The van der Waals surface area contributed by atoms with Gasteiger partial charge in [0.2, 0.25) is 0 Å². The van der Waals surface area contributed by atoms with Crippen molar-refractivity contribution >= 4 is 11.7 Å². The standard InChI is InChI=1S/C15H27N5O/c1-4-7-8-20(9-10-21)15-13(14(16)17)11(5-2)12(6-3)18-19-15/h21H,4-10H2,1-3H3,(H3,16,17). The predicted molar refractivity (Wildman–Crippen MR) is 86.0 cm³/mol. The van der Waals surface area contributed by atoms with Gasteiger partial charge in [-0.2, -0.15) is 5.10 Å². The first kappa shape index (κ1) is 17.4. The number of aliphatic hydroxyl groups is 1. The molecule has 1 aromatic rings. The highest BCUT2D eigenvalue weighted by atomic mass is 16.3. The molecule has 6 nitrogen and oxygen atoms in total. The van der Waals surface area contributed by atoms with Crippen LogP contribution in [-0.2, 0) is 12.8 Å². The molecule has 0 aliphatic rings. The van der Waals surface area contributed by atoms with E-state index in [4.69, 9.17) is 11.1 Å². The number of unbranched alkanes of at least 4 members (excludes halogenated alkanes) is 1. The van der Waals surface area contributed by atoms with E-state index >= 15 is 0 Å². The Balaban J connectivity index is 3.34. The lowest BCUT2D eigenvalue weighted by molar-refractivity contribution is 0.301. The van der Waals surface area contributed by atoms with E-state index in [0.717, 1.165) is 43.5 Å². The van der Waals surface area contributed by atoms with Crippen LogP contribution in [0.4, 0.5) is 5.82 Å². The monoisotopic (exact) mass is 293 g/mol. The van der Waals surface area contributed by atoms with Gasteiger partial charge in [-0.15, -0.1) is 5.10 Å². The summed E-state index contributed by atoms with van der Waals surface area (Å²) in [4.78, 5) is 1.98. The Morgan fingerprint density at radius 2 is 1.90 bits per heavy atom. The summed E-state index contributed by atoms with van der Waals surface area (Å²) >= 11 is 0. The van der Waals surface area contributed by atoms with Crippen LogP contribution < -0.4 is 10.6 Å². The Kier molecular flexibility index (Phi) is 7.08. The second-order valence-electron chi connectivity index (χ2n) is 5.01. The first-order valence-corrected chi connectivity index (χ1v) is 7.69. The molecule has 1 aromatic heterocycles. The summed E-state index contributed by atoms with van der Waals surface area (Å²) in [6, 6.07) is 0. The third kappa shape index (κ3) is 4.14. The van der Waals surface area contributed by atoms with Gasteiger partial charge in [-0.3, -0.25) is 5.41 Å². The first-order valence-electron chi connectivity index (χ1n) is 7.69. The van der Waals surface area contributed by atoms with Crippen molar-refractivity contribution in [2.75, 3.05) is 24.6 Å². The number of aromatic nitrogens is 2. The Hall–Kier alpha value is -1.69. The molecule has 0 spiro atoms. The average molecular weight is 293 g/mol. The molecule has 0 bridgehead atoms. The third-order valence-electron chi connectivity index (χ3n) is 3.55. The van der Waals surface area contributed by atoms with Crippen LogP contribution in [0.25, 0.3) is 0 Å². The molecular formula is C15H27N5O. The van der Waals surface area contributed by atoms with Gasteiger partial charge in [-0.05, 0) is 24.8 Å². The molecule has 0 radical (unpaired) electrons. The molecular weight excluding hydrogens is 266 g/mol. The lowest BCUT2D eigenvalue weighted by Gasteiger charge is -2.26. The normalized spacial score (nSPS) is 10.7. The zero-order chi connectivity index (χ0) is 15.8. The Morgan fingerprint density at radius 3 is 2.38 bits per heavy atom. The number of nitrogens with two attached hydrogens (primary N) is 1. The van der Waals surface area contributed by atoms with Gasteiger partial charge in [0.05, 0.1) is 17.9 Å². The third-order valence-corrected chi connectivity index (χ3v) is 3.55. The van der Waals surface area contributed by atoms with Crippen molar-refractivity contribution in [1.29, 1.82) is 5.41 Å². The molecule has 0 unspecified atom stereocenters. The molecule has 118 valence electrons. The highest BCUT2D eigenvalue weighted by molar-refractivity contribution is 6.01. The van der Waals surface area contributed by atoms with Gasteiger partial charge in [-0.25, -0.2) is 0 Å². The second kappa shape index (κ2) is 8.56. The smallest absolute Gasteiger partial charge is 0.162 e. The maximum absolute atomic E-state index is 9.28. The Labute approximate surface area is 126 Å². The predicted octanol–water partition coefficient (Wildman–Crippen LogP) is 1.48. The van der Waals surface area contributed by atoms with Crippen LogP contribution in [0.1, 0.15) is 50.4 Å². The van der Waals surface area contributed by atoms with E-state index in [-0.39, 0.29) is 12.4 Å². The largest absolute Gasteiger partial charge is 0.395 e. The fourth-order valence-electron chi connectivity index (χ4n) is 2.46. The zero-order valence-electron chi connectivity index (χ0n) is 13.3. The van der Waals surface area contributed by atoms with Crippen LogP contribution in [0.2, 0.25) is 0 Å². The van der Waals surface area contributed by atoms with Crippen LogP contribution in [0.15, 0.2) is 0 Å². The number of hydrogen-bond acceptors (Lipinski definition) is 5. The molecule has 0 saturated heterocycles. The van der Waals surface area contributed by atoms with Gasteiger partial charge in [0.25, 0.3) is 0 Å². The van der Waals surface area contributed by atoms with Crippen LogP contribution >= 0.6 is 0 Å². The fraction of sp³-hybridized carbons (Fsp3) is 0.667. The fourth-order valence-corrected chi connectivity index (χ4v) is 2.46. The maximum Gasteiger partial charge on any atom is 0.162 e. The molecule has 21 heavy (non-hydrogen) atoms. The molecule has 4 N–H and O–H groups in total. The van der Waals surface area contributed by atoms with Crippen molar-refractivity contribution in [3.05, 3.63) is 16.8 Å². The number of hydrogen-bond donors (Lipinski definition) is 3. The molecule has 0 aromatic carbocycles. The van der Waals surface area contributed by atoms with E-state index in [1.165, 1.54) is 0 Å². The number of amidine groups is 1. The maximum atomic E-state index is 9.28. The highest BCUT2D eigenvalue weighted by Gasteiger charge is 2.20. The topological polar surface area (TPSA) is 99.1 Å². The van der Waals surface area contributed by atoms with Gasteiger partial charge >= 0.3 is 0 Å². The molecule has 0 saturated carbocycles. The van der Waals surface area contributed by atoms with E-state index in [9.17, 15) is 5.11 Å². The second-order valence-corrected chi connectivity index (χ2v) is 5.01. The van der Waals surface area contributed by atoms with Crippen LogP contribution in [0.3, 0.4) is 0 Å². The average Bonchev–Trinajstić information content (AvgIpc) is 2.49. The van der Waals surface area contributed by atoms with Gasteiger partial charge in [-0.1, -0.05) is 27.2 Å². The summed E-state index contributed by atoms with van der Waals surface area (Å²) in [7, 11) is 0. The van der Waals surface area contributed by atoms with E-state index in [2.05, 4.69) is 17.1 Å². The Morgan fingerprint density at radius 1 is 1.19 bits per heavy atom. The minimum absolute atomic E-state index is 0.0193. The van der Waals surface area contributed by atoms with Gasteiger partial charge < -0.3 is 15.7 Å². The van der Waals surface area contributed by atoms with Gasteiger partial charge in [0.1, 0.15) is 5.84 Å². The number of aryl methyl sites for hydroxylation is 1. The summed E-state index contributed by atoms with van der Waals surface area (Å²) < 4.78 is 0.